The number of allylic oxidation sites excluding steroid dienone is 2. The molecule has 1 saturated carbocycles. The molecule has 0 spiro atoms. The summed E-state index contributed by atoms with van der Waals surface area (Å²) in [6, 6.07) is 19.6. The molecule has 1 fully saturated rings. The van der Waals surface area contributed by atoms with Crippen molar-refractivity contribution in [2.45, 2.75) is 79.9 Å². The summed E-state index contributed by atoms with van der Waals surface area (Å²) in [5.41, 5.74) is 8.72. The minimum Gasteiger partial charge on any atom is -0.303 e. The molecule has 3 atom stereocenters. The smallest absolute Gasteiger partial charge is 0.303 e. The number of hydrogen-bond acceptors (Lipinski definition) is 13. The van der Waals surface area contributed by atoms with Gasteiger partial charge >= 0.3 is 7.82 Å². The van der Waals surface area contributed by atoms with Gasteiger partial charge in [0.25, 0.3) is 11.8 Å². The van der Waals surface area contributed by atoms with Gasteiger partial charge in [0.15, 0.2) is 29.2 Å². The Morgan fingerprint density at radius 3 is 2.11 bits per heavy atom. The lowest BCUT2D eigenvalue weighted by atomic mass is 9.94. The van der Waals surface area contributed by atoms with E-state index in [2.05, 4.69) is 39.4 Å². The van der Waals surface area contributed by atoms with Crippen molar-refractivity contribution in [3.63, 3.8) is 0 Å². The number of rotatable bonds is 18. The lowest BCUT2D eigenvalue weighted by molar-refractivity contribution is -0.136. The minimum absolute atomic E-state index is 0.00887. The van der Waals surface area contributed by atoms with Crippen molar-refractivity contribution in [1.29, 1.82) is 0 Å². The zero-order chi connectivity index (χ0) is 50.7. The van der Waals surface area contributed by atoms with Gasteiger partial charge in [0.1, 0.15) is 5.83 Å². The predicted molar refractivity (Wildman–Crippen MR) is 258 cm³/mol. The standard InChI is InChI=1S/C48H52FN6O12PS2/c1-46(44(56)52-58,69(3,62)63)22-25-55-43-29-41(49)37(28-39(43)31-51-55)15-11-33-5-7-35(8-6-33)19-26-66-53-45(57)47(2,70(4,64)65)23-24-54-42-18-14-36(27-38(42)30-50-54)10-9-34-12-16-40(17-13-34)48(20-21-48)32-67-68(59,60)61/h5-8,12-14,16-18,27-28,30-31,43,58H,19-26,29,32H2,1-4H3,(H,52,56)(H,53,57)(H2,59,60,61)/t43?,46-,47-/m1/s1. The molecule has 370 valence electrons. The van der Waals surface area contributed by atoms with Crippen molar-refractivity contribution >= 4 is 56.4 Å². The van der Waals surface area contributed by atoms with Gasteiger partial charge in [0, 0.05) is 59.5 Å². The maximum Gasteiger partial charge on any atom is 0.469 e. The number of fused-ring (bicyclic) bond motifs is 2. The number of carbonyl (C=O) groups excluding carboxylic acids is 2. The highest BCUT2D eigenvalue weighted by Gasteiger charge is 2.47. The summed E-state index contributed by atoms with van der Waals surface area (Å²) in [5.74, 6) is 9.71. The van der Waals surface area contributed by atoms with Crippen molar-refractivity contribution in [2.75, 3.05) is 32.3 Å². The lowest BCUT2D eigenvalue weighted by Gasteiger charge is -2.30. The number of hydroxylamine groups is 2. The third-order valence-corrected chi connectivity index (χ3v) is 17.7. The molecule has 0 bridgehead atoms. The van der Waals surface area contributed by atoms with E-state index in [9.17, 15) is 31.0 Å². The number of nitrogens with zero attached hydrogens (tertiary/aromatic N) is 4. The number of sulfone groups is 2. The second-order valence-electron chi connectivity index (χ2n) is 18.0. The van der Waals surface area contributed by atoms with E-state index in [4.69, 9.17) is 24.4 Å². The SMILES string of the molecule is C[C@@](CCN1N=CC2=CC(C#Cc3ccc(CCONC(=O)[C@@](C)(CCn4ncc5cc(C#Cc6ccc(C7(COP(=O)(O)O)CC7)cc6)ccc54)S(C)(=O)=O)cc3)=C(F)CC21)(C(=O)NO)S(C)(=O)=O. The van der Waals surface area contributed by atoms with Crippen LogP contribution in [-0.2, 0) is 61.6 Å². The molecule has 2 aliphatic carbocycles. The zero-order valence-corrected chi connectivity index (χ0v) is 41.2. The average Bonchev–Trinajstić information content (AvgIpc) is 3.86. The number of hydrogen-bond donors (Lipinski definition) is 5. The summed E-state index contributed by atoms with van der Waals surface area (Å²) in [5, 5.41) is 20.1. The van der Waals surface area contributed by atoms with Crippen molar-refractivity contribution in [3.05, 3.63) is 124 Å². The van der Waals surface area contributed by atoms with Crippen LogP contribution in [0.4, 0.5) is 4.39 Å². The third kappa shape index (κ3) is 11.8. The van der Waals surface area contributed by atoms with Crippen LogP contribution >= 0.6 is 7.82 Å². The van der Waals surface area contributed by atoms with Crippen LogP contribution in [0, 0.1) is 23.7 Å². The van der Waals surface area contributed by atoms with E-state index >= 15 is 4.39 Å². The summed E-state index contributed by atoms with van der Waals surface area (Å²) in [6.07, 6.45) is 8.20. The van der Waals surface area contributed by atoms with Gasteiger partial charge in [-0.05, 0) is 111 Å². The average molecular weight is 1020 g/mol. The first-order valence-electron chi connectivity index (χ1n) is 22.0. The molecule has 22 heteroatoms. The molecule has 5 N–H and O–H groups in total. The van der Waals surface area contributed by atoms with Crippen LogP contribution < -0.4 is 11.0 Å². The summed E-state index contributed by atoms with van der Waals surface area (Å²) < 4.78 is 79.9. The molecule has 0 radical (unpaired) electrons. The number of hydrazone groups is 1. The lowest BCUT2D eigenvalue weighted by Crippen LogP contribution is -2.50. The summed E-state index contributed by atoms with van der Waals surface area (Å²) in [4.78, 5) is 49.3. The van der Waals surface area contributed by atoms with Crippen molar-refractivity contribution in [2.24, 2.45) is 5.10 Å². The fraction of sp³-hybridized carbons (Fsp3) is 0.375. The summed E-state index contributed by atoms with van der Waals surface area (Å²) in [6.45, 7) is 2.64. The number of nitrogens with one attached hydrogen (secondary N) is 2. The molecule has 1 unspecified atom stereocenters. The van der Waals surface area contributed by atoms with E-state index in [0.717, 1.165) is 58.5 Å². The van der Waals surface area contributed by atoms with Crippen molar-refractivity contribution in [3.8, 4) is 23.7 Å². The molecule has 3 aliphatic rings. The van der Waals surface area contributed by atoms with Gasteiger partial charge in [-0.15, -0.1) is 0 Å². The van der Waals surface area contributed by atoms with Crippen molar-refractivity contribution in [1.82, 2.24) is 25.7 Å². The van der Waals surface area contributed by atoms with E-state index < -0.39 is 66.1 Å². The van der Waals surface area contributed by atoms with Gasteiger partial charge in [0.05, 0.1) is 42.8 Å². The molecule has 3 aromatic carbocycles. The second-order valence-corrected chi connectivity index (χ2v) is 24.2. The van der Waals surface area contributed by atoms with Crippen LogP contribution in [0.25, 0.3) is 10.9 Å². The fourth-order valence-electron chi connectivity index (χ4n) is 7.94. The number of amides is 2. The van der Waals surface area contributed by atoms with E-state index in [0.29, 0.717) is 17.6 Å². The third-order valence-electron chi connectivity index (χ3n) is 13.2. The quantitative estimate of drug-likeness (QED) is 0.0306. The fourth-order valence-corrected chi connectivity index (χ4v) is 10.0. The first-order valence-corrected chi connectivity index (χ1v) is 27.3. The molecule has 1 aliphatic heterocycles. The van der Waals surface area contributed by atoms with E-state index in [1.165, 1.54) is 30.6 Å². The number of carbonyl (C=O) groups is 2. The Hall–Kier alpha value is -6.00. The van der Waals surface area contributed by atoms with Gasteiger partial charge in [-0.2, -0.15) is 10.2 Å². The number of halogens is 1. The molecule has 2 heterocycles. The molecule has 2 amide bonds. The highest BCUT2D eigenvalue weighted by Crippen LogP contribution is 2.51. The van der Waals surface area contributed by atoms with Gasteiger partial charge in [-0.3, -0.25) is 33.8 Å². The summed E-state index contributed by atoms with van der Waals surface area (Å²) >= 11 is 0. The Morgan fingerprint density at radius 1 is 0.886 bits per heavy atom. The Bertz CT molecular complexity index is 3200. The van der Waals surface area contributed by atoms with Crippen LogP contribution in [0.5, 0.6) is 0 Å². The molecule has 4 aromatic rings. The first-order chi connectivity index (χ1) is 32.9. The maximum absolute atomic E-state index is 15.3. The highest BCUT2D eigenvalue weighted by molar-refractivity contribution is 7.93. The number of phosphoric acid groups is 1. The maximum atomic E-state index is 15.3. The van der Waals surface area contributed by atoms with E-state index in [1.807, 2.05) is 42.5 Å². The monoisotopic (exact) mass is 1020 g/mol. The van der Waals surface area contributed by atoms with Crippen LogP contribution in [0.15, 0.2) is 101 Å². The normalized spacial score (nSPS) is 18.1. The highest BCUT2D eigenvalue weighted by atomic mass is 32.2. The second kappa shape index (κ2) is 20.4. The first kappa shape index (κ1) is 51.8. The number of phosphoric ester groups is 1. The van der Waals surface area contributed by atoms with Crippen LogP contribution in [0.2, 0.25) is 0 Å². The van der Waals surface area contributed by atoms with E-state index in [-0.39, 0.29) is 51.1 Å². The van der Waals surface area contributed by atoms with Gasteiger partial charge in [-0.25, -0.2) is 36.8 Å². The predicted octanol–water partition coefficient (Wildman–Crippen LogP) is 4.33. The molecule has 7 rings (SSSR count). The molecule has 0 saturated heterocycles. The van der Waals surface area contributed by atoms with Crippen LogP contribution in [-0.4, -0.2) is 112 Å². The Kier molecular flexibility index (Phi) is 15.1. The molecule has 1 aromatic heterocycles. The Labute approximate surface area is 405 Å². The van der Waals surface area contributed by atoms with Crippen LogP contribution in [0.3, 0.4) is 0 Å². The number of aromatic nitrogens is 2. The van der Waals surface area contributed by atoms with Gasteiger partial charge < -0.3 is 9.79 Å². The zero-order valence-electron chi connectivity index (χ0n) is 38.7. The van der Waals surface area contributed by atoms with Gasteiger partial charge in [0.2, 0.25) is 0 Å². The molecule has 70 heavy (non-hydrogen) atoms. The number of benzene rings is 3. The largest absolute Gasteiger partial charge is 0.469 e. The van der Waals surface area contributed by atoms with Gasteiger partial charge in [-0.1, -0.05) is 47.9 Å². The van der Waals surface area contributed by atoms with Crippen LogP contribution in [0.1, 0.15) is 73.8 Å². The Morgan fingerprint density at radius 2 is 1.49 bits per heavy atom. The summed E-state index contributed by atoms with van der Waals surface area (Å²) in [7, 11) is -12.4. The molecular weight excluding hydrogens is 967 g/mol. The van der Waals surface area contributed by atoms with E-state index in [1.54, 1.807) is 41.2 Å². The topological polar surface area (TPSA) is 256 Å². The van der Waals surface area contributed by atoms with Crippen molar-refractivity contribution < 1.29 is 59.7 Å². The molecule has 18 nitrogen and oxygen atoms in total. The minimum atomic E-state index is -4.56. The Balaban J connectivity index is 0.881. The number of aryl methyl sites for hydroxylation is 1. The molecular formula is C48H52FN6O12PS2.